The van der Waals surface area contributed by atoms with Crippen LogP contribution in [0.2, 0.25) is 0 Å². The third-order valence-corrected chi connectivity index (χ3v) is 7.43. The fourth-order valence-corrected chi connectivity index (χ4v) is 5.76. The number of piperazine rings is 1. The summed E-state index contributed by atoms with van der Waals surface area (Å²) in [6, 6.07) is 4.33. The first-order chi connectivity index (χ1) is 11.8. The van der Waals surface area contributed by atoms with E-state index >= 15 is 0 Å². The largest absolute Gasteiger partial charge is 0.507 e. The Hall–Kier alpha value is -1.11. The Labute approximate surface area is 151 Å². The Bertz CT molecular complexity index is 722. The van der Waals surface area contributed by atoms with Crippen LogP contribution in [0.4, 0.5) is 0 Å². The highest BCUT2D eigenvalue weighted by molar-refractivity contribution is 7.91. The number of hydrogen-bond acceptors (Lipinski definition) is 5. The number of phenolic OH excluding ortho intramolecular Hbond substituents is 1. The van der Waals surface area contributed by atoms with Crippen LogP contribution in [0.5, 0.6) is 5.75 Å². The number of rotatable bonds is 4. The minimum atomic E-state index is -2.82. The molecule has 6 heteroatoms. The van der Waals surface area contributed by atoms with Crippen LogP contribution in [0.3, 0.4) is 0 Å². The van der Waals surface area contributed by atoms with E-state index in [-0.39, 0.29) is 6.04 Å². The molecule has 3 rings (SSSR count). The summed E-state index contributed by atoms with van der Waals surface area (Å²) >= 11 is 0. The molecule has 0 saturated carbocycles. The number of benzene rings is 1. The maximum atomic E-state index is 11.7. The SMILES string of the molecule is Cc1ccc(C(C)C)c(O)c1CN1CCN([C@H]2CCS(=O)(=O)C2)CC1. The third kappa shape index (κ3) is 4.18. The predicted molar refractivity (Wildman–Crippen MR) is 101 cm³/mol. The number of hydrogen-bond donors (Lipinski definition) is 1. The first-order valence-corrected chi connectivity index (χ1v) is 11.1. The van der Waals surface area contributed by atoms with Gasteiger partial charge < -0.3 is 5.11 Å². The van der Waals surface area contributed by atoms with E-state index in [0.717, 1.165) is 55.8 Å². The molecule has 0 radical (unpaired) electrons. The summed E-state index contributed by atoms with van der Waals surface area (Å²) in [5, 5.41) is 10.6. The zero-order valence-electron chi connectivity index (χ0n) is 15.5. The van der Waals surface area contributed by atoms with Gasteiger partial charge in [-0.1, -0.05) is 26.0 Å². The Morgan fingerprint density at radius 2 is 1.88 bits per heavy atom. The molecule has 0 aromatic heterocycles. The van der Waals surface area contributed by atoms with Crippen molar-refractivity contribution in [2.45, 2.75) is 45.7 Å². The Morgan fingerprint density at radius 3 is 2.44 bits per heavy atom. The fraction of sp³-hybridized carbons (Fsp3) is 0.684. The molecule has 0 bridgehead atoms. The molecule has 0 unspecified atom stereocenters. The molecule has 2 saturated heterocycles. The van der Waals surface area contributed by atoms with E-state index in [4.69, 9.17) is 0 Å². The maximum Gasteiger partial charge on any atom is 0.151 e. The summed E-state index contributed by atoms with van der Waals surface area (Å²) in [6.45, 7) is 10.7. The standard InChI is InChI=1S/C19H30N2O3S/c1-14(2)17-5-4-15(3)18(19(17)22)12-20-7-9-21(10-8-20)16-6-11-25(23,24)13-16/h4-5,14,16,22H,6-13H2,1-3H3/t16-/m0/s1. The van der Waals surface area contributed by atoms with Crippen molar-refractivity contribution in [1.82, 2.24) is 9.80 Å². The highest BCUT2D eigenvalue weighted by Gasteiger charge is 2.33. The summed E-state index contributed by atoms with van der Waals surface area (Å²) in [6.07, 6.45) is 0.776. The minimum absolute atomic E-state index is 0.201. The topological polar surface area (TPSA) is 60.9 Å². The Kier molecular flexibility index (Phi) is 5.42. The fourth-order valence-electron chi connectivity index (χ4n) is 3.99. The lowest BCUT2D eigenvalue weighted by Gasteiger charge is -2.38. The van der Waals surface area contributed by atoms with E-state index < -0.39 is 9.84 Å². The first-order valence-electron chi connectivity index (χ1n) is 9.25. The molecule has 0 aliphatic carbocycles. The van der Waals surface area contributed by atoms with Crippen molar-refractivity contribution in [3.63, 3.8) is 0 Å². The van der Waals surface area contributed by atoms with Gasteiger partial charge in [-0.2, -0.15) is 0 Å². The van der Waals surface area contributed by atoms with Crippen LogP contribution in [0.1, 0.15) is 42.9 Å². The molecule has 1 N–H and O–H groups in total. The second kappa shape index (κ2) is 7.25. The average Bonchev–Trinajstić information content (AvgIpc) is 2.91. The highest BCUT2D eigenvalue weighted by atomic mass is 32.2. The summed E-state index contributed by atoms with van der Waals surface area (Å²) in [5.41, 5.74) is 3.17. The van der Waals surface area contributed by atoms with Crippen molar-refractivity contribution < 1.29 is 13.5 Å². The van der Waals surface area contributed by atoms with Gasteiger partial charge in [0.1, 0.15) is 5.75 Å². The van der Waals surface area contributed by atoms with Gasteiger partial charge in [-0.3, -0.25) is 9.80 Å². The highest BCUT2D eigenvalue weighted by Crippen LogP contribution is 2.32. The second-order valence-electron chi connectivity index (χ2n) is 7.82. The molecule has 25 heavy (non-hydrogen) atoms. The molecular weight excluding hydrogens is 336 g/mol. The second-order valence-corrected chi connectivity index (χ2v) is 10.1. The number of phenols is 1. The van der Waals surface area contributed by atoms with Gasteiger partial charge in [-0.15, -0.1) is 0 Å². The molecule has 0 amide bonds. The molecule has 2 aliphatic heterocycles. The van der Waals surface area contributed by atoms with Crippen molar-refractivity contribution in [2.24, 2.45) is 0 Å². The third-order valence-electron chi connectivity index (χ3n) is 5.68. The van der Waals surface area contributed by atoms with E-state index in [1.807, 2.05) is 6.07 Å². The summed E-state index contributed by atoms with van der Waals surface area (Å²) in [7, 11) is -2.82. The van der Waals surface area contributed by atoms with Crippen molar-refractivity contribution in [3.05, 3.63) is 28.8 Å². The number of aromatic hydroxyl groups is 1. The monoisotopic (exact) mass is 366 g/mol. The molecule has 5 nitrogen and oxygen atoms in total. The normalized spacial score (nSPS) is 24.9. The van der Waals surface area contributed by atoms with Crippen molar-refractivity contribution in [1.29, 1.82) is 0 Å². The van der Waals surface area contributed by atoms with Crippen LogP contribution in [0.25, 0.3) is 0 Å². The lowest BCUT2D eigenvalue weighted by atomic mass is 9.95. The van der Waals surface area contributed by atoms with Crippen LogP contribution in [0, 0.1) is 6.92 Å². The summed E-state index contributed by atoms with van der Waals surface area (Å²) < 4.78 is 23.4. The average molecular weight is 367 g/mol. The van der Waals surface area contributed by atoms with Crippen molar-refractivity contribution in [2.75, 3.05) is 37.7 Å². The predicted octanol–water partition coefficient (Wildman–Crippen LogP) is 2.13. The van der Waals surface area contributed by atoms with Gasteiger partial charge in [0.2, 0.25) is 0 Å². The van der Waals surface area contributed by atoms with Crippen LogP contribution < -0.4 is 0 Å². The summed E-state index contributed by atoms with van der Waals surface area (Å²) in [5.74, 6) is 1.41. The summed E-state index contributed by atoms with van der Waals surface area (Å²) in [4.78, 5) is 4.70. The number of sulfone groups is 1. The van der Waals surface area contributed by atoms with Gasteiger partial charge in [0.05, 0.1) is 11.5 Å². The molecule has 1 atom stereocenters. The van der Waals surface area contributed by atoms with Crippen LogP contribution in [0.15, 0.2) is 12.1 Å². The van der Waals surface area contributed by atoms with E-state index in [2.05, 4.69) is 36.6 Å². The zero-order valence-corrected chi connectivity index (χ0v) is 16.3. The minimum Gasteiger partial charge on any atom is -0.507 e. The maximum absolute atomic E-state index is 11.7. The molecule has 2 heterocycles. The Balaban J connectivity index is 1.62. The molecular formula is C19H30N2O3S. The van der Waals surface area contributed by atoms with Gasteiger partial charge >= 0.3 is 0 Å². The van der Waals surface area contributed by atoms with E-state index in [9.17, 15) is 13.5 Å². The molecule has 140 valence electrons. The molecule has 1 aromatic carbocycles. The van der Waals surface area contributed by atoms with Crippen LogP contribution in [-0.4, -0.2) is 67.1 Å². The first kappa shape index (κ1) is 18.7. The van der Waals surface area contributed by atoms with Gasteiger partial charge in [0.15, 0.2) is 9.84 Å². The lowest BCUT2D eigenvalue weighted by Crippen LogP contribution is -2.50. The van der Waals surface area contributed by atoms with Crippen molar-refractivity contribution >= 4 is 9.84 Å². The quantitative estimate of drug-likeness (QED) is 0.885. The Morgan fingerprint density at radius 1 is 1.20 bits per heavy atom. The zero-order chi connectivity index (χ0) is 18.2. The molecule has 0 spiro atoms. The van der Waals surface area contributed by atoms with E-state index in [1.54, 1.807) is 0 Å². The van der Waals surface area contributed by atoms with E-state index in [0.29, 0.717) is 23.2 Å². The molecule has 1 aromatic rings. The number of aryl methyl sites for hydroxylation is 1. The van der Waals surface area contributed by atoms with Gasteiger partial charge in [-0.25, -0.2) is 8.42 Å². The van der Waals surface area contributed by atoms with Gasteiger partial charge in [0, 0.05) is 44.3 Å². The molecule has 2 aliphatic rings. The van der Waals surface area contributed by atoms with Gasteiger partial charge in [0.25, 0.3) is 0 Å². The lowest BCUT2D eigenvalue weighted by molar-refractivity contribution is 0.0993. The van der Waals surface area contributed by atoms with E-state index in [1.165, 1.54) is 0 Å². The van der Waals surface area contributed by atoms with Gasteiger partial charge in [-0.05, 0) is 30.4 Å². The number of nitrogens with zero attached hydrogens (tertiary/aromatic N) is 2. The van der Waals surface area contributed by atoms with Crippen LogP contribution in [-0.2, 0) is 16.4 Å². The van der Waals surface area contributed by atoms with Crippen LogP contribution >= 0.6 is 0 Å². The smallest absolute Gasteiger partial charge is 0.151 e. The molecule has 2 fully saturated rings. The van der Waals surface area contributed by atoms with Crippen molar-refractivity contribution in [3.8, 4) is 5.75 Å².